The summed E-state index contributed by atoms with van der Waals surface area (Å²) in [5, 5.41) is 0. The Bertz CT molecular complexity index is 495. The Labute approximate surface area is 120 Å². The second kappa shape index (κ2) is 6.31. The Morgan fingerprint density at radius 1 is 1.39 bits per heavy atom. The molecular weight excluding hydrogens is 341 g/mol. The van der Waals surface area contributed by atoms with Gasteiger partial charge in [0.05, 0.1) is 17.9 Å². The van der Waals surface area contributed by atoms with E-state index >= 15 is 0 Å². The van der Waals surface area contributed by atoms with E-state index in [-0.39, 0.29) is 6.04 Å². The monoisotopic (exact) mass is 357 g/mol. The molecule has 1 unspecified atom stereocenters. The molecule has 0 aliphatic heterocycles. The number of aromatic nitrogens is 2. The summed E-state index contributed by atoms with van der Waals surface area (Å²) in [6, 6.07) is 8.17. The predicted octanol–water partition coefficient (Wildman–Crippen LogP) is 2.72. The first-order valence-electron chi connectivity index (χ1n) is 5.76. The van der Waals surface area contributed by atoms with Crippen LogP contribution in [0.5, 0.6) is 0 Å². The van der Waals surface area contributed by atoms with E-state index in [1.54, 1.807) is 7.11 Å². The number of aromatic amines is 1. The molecule has 1 aromatic heterocycles. The largest absolute Gasteiger partial charge is 0.385 e. The number of hydrogen-bond donors (Lipinski definition) is 2. The van der Waals surface area contributed by atoms with Crippen molar-refractivity contribution >= 4 is 22.6 Å². The van der Waals surface area contributed by atoms with Gasteiger partial charge in [-0.3, -0.25) is 0 Å². The summed E-state index contributed by atoms with van der Waals surface area (Å²) in [5.74, 6) is 0.806. The number of hydrogen-bond acceptors (Lipinski definition) is 3. The molecule has 0 fully saturated rings. The second-order valence-electron chi connectivity index (χ2n) is 4.08. The number of nitrogens with zero attached hydrogens (tertiary/aromatic N) is 1. The zero-order valence-corrected chi connectivity index (χ0v) is 12.3. The summed E-state index contributed by atoms with van der Waals surface area (Å²) >= 11 is 2.29. The molecule has 0 spiro atoms. The van der Waals surface area contributed by atoms with Crippen molar-refractivity contribution in [3.63, 3.8) is 0 Å². The van der Waals surface area contributed by atoms with E-state index in [4.69, 9.17) is 10.5 Å². The highest BCUT2D eigenvalue weighted by atomic mass is 127. The van der Waals surface area contributed by atoms with Gasteiger partial charge in [0.25, 0.3) is 0 Å². The lowest BCUT2D eigenvalue weighted by Crippen LogP contribution is -2.14. The summed E-state index contributed by atoms with van der Waals surface area (Å²) in [7, 11) is 1.67. The van der Waals surface area contributed by atoms with Gasteiger partial charge < -0.3 is 15.5 Å². The van der Waals surface area contributed by atoms with Crippen LogP contribution < -0.4 is 5.73 Å². The smallest absolute Gasteiger partial charge is 0.123 e. The van der Waals surface area contributed by atoms with Crippen LogP contribution in [0.1, 0.15) is 18.3 Å². The highest BCUT2D eigenvalue weighted by molar-refractivity contribution is 14.1. The van der Waals surface area contributed by atoms with Gasteiger partial charge in [-0.05, 0) is 46.7 Å². The van der Waals surface area contributed by atoms with Gasteiger partial charge in [0.1, 0.15) is 5.82 Å². The van der Waals surface area contributed by atoms with Crippen molar-refractivity contribution < 1.29 is 4.74 Å². The number of nitrogens with two attached hydrogens (primary N) is 1. The molecule has 3 N–H and O–H groups in total. The van der Waals surface area contributed by atoms with E-state index in [0.29, 0.717) is 6.61 Å². The van der Waals surface area contributed by atoms with Gasteiger partial charge in [-0.1, -0.05) is 12.1 Å². The minimum atomic E-state index is -0.109. The van der Waals surface area contributed by atoms with Gasteiger partial charge in [-0.2, -0.15) is 0 Å². The van der Waals surface area contributed by atoms with Crippen molar-refractivity contribution in [2.24, 2.45) is 5.73 Å². The standard InChI is InChI=1S/C13H16IN3O/c1-18-7-6-11(15)13-16-8-12(17-13)9-2-4-10(14)5-3-9/h2-5,8,11H,6-7,15H2,1H3,(H,16,17). The molecule has 0 amide bonds. The van der Waals surface area contributed by atoms with Crippen molar-refractivity contribution in [2.75, 3.05) is 13.7 Å². The maximum absolute atomic E-state index is 6.02. The Balaban J connectivity index is 2.12. The number of H-pyrrole nitrogens is 1. The van der Waals surface area contributed by atoms with Gasteiger partial charge in [-0.15, -0.1) is 0 Å². The molecule has 18 heavy (non-hydrogen) atoms. The highest BCUT2D eigenvalue weighted by Crippen LogP contribution is 2.20. The third kappa shape index (κ3) is 3.30. The van der Waals surface area contributed by atoms with Crippen LogP contribution in [0, 0.1) is 3.57 Å². The average Bonchev–Trinajstić information content (AvgIpc) is 2.86. The maximum Gasteiger partial charge on any atom is 0.123 e. The van der Waals surface area contributed by atoms with Crippen LogP contribution in [0.2, 0.25) is 0 Å². The summed E-state index contributed by atoms with van der Waals surface area (Å²) in [6.07, 6.45) is 2.58. The quantitative estimate of drug-likeness (QED) is 0.809. The van der Waals surface area contributed by atoms with Crippen LogP contribution in [0.4, 0.5) is 0 Å². The third-order valence-corrected chi connectivity index (χ3v) is 3.45. The first kappa shape index (κ1) is 13.5. The lowest BCUT2D eigenvalue weighted by molar-refractivity contribution is 0.187. The summed E-state index contributed by atoms with van der Waals surface area (Å²) in [6.45, 7) is 0.640. The summed E-state index contributed by atoms with van der Waals surface area (Å²) in [5.41, 5.74) is 8.13. The topological polar surface area (TPSA) is 63.9 Å². The first-order valence-corrected chi connectivity index (χ1v) is 6.84. The molecule has 1 atom stereocenters. The third-order valence-electron chi connectivity index (χ3n) is 2.73. The number of methoxy groups -OCH3 is 1. The van der Waals surface area contributed by atoms with E-state index in [9.17, 15) is 0 Å². The van der Waals surface area contributed by atoms with Crippen LogP contribution in [0.15, 0.2) is 30.5 Å². The number of imidazole rings is 1. The lowest BCUT2D eigenvalue weighted by atomic mass is 10.2. The van der Waals surface area contributed by atoms with E-state index in [1.165, 1.54) is 3.57 Å². The number of halogens is 1. The highest BCUT2D eigenvalue weighted by Gasteiger charge is 2.10. The molecule has 4 nitrogen and oxygen atoms in total. The summed E-state index contributed by atoms with van der Waals surface area (Å²) < 4.78 is 6.23. The number of nitrogens with one attached hydrogen (secondary N) is 1. The van der Waals surface area contributed by atoms with Crippen molar-refractivity contribution in [3.8, 4) is 11.3 Å². The zero-order chi connectivity index (χ0) is 13.0. The van der Waals surface area contributed by atoms with E-state index in [0.717, 1.165) is 23.5 Å². The zero-order valence-electron chi connectivity index (χ0n) is 10.2. The molecule has 0 aliphatic rings. The van der Waals surface area contributed by atoms with Gasteiger partial charge in [-0.25, -0.2) is 4.98 Å². The molecule has 0 saturated carbocycles. The van der Waals surface area contributed by atoms with Crippen LogP contribution in [-0.2, 0) is 4.74 Å². The maximum atomic E-state index is 6.02. The molecule has 0 saturated heterocycles. The van der Waals surface area contributed by atoms with E-state index < -0.39 is 0 Å². The number of rotatable bonds is 5. The Hall–Kier alpha value is -0.920. The number of benzene rings is 1. The van der Waals surface area contributed by atoms with Gasteiger partial charge in [0, 0.05) is 17.3 Å². The van der Waals surface area contributed by atoms with Gasteiger partial charge in [0.15, 0.2) is 0 Å². The fourth-order valence-electron chi connectivity index (χ4n) is 1.68. The molecule has 1 aromatic carbocycles. The minimum absolute atomic E-state index is 0.109. The van der Waals surface area contributed by atoms with Crippen molar-refractivity contribution in [2.45, 2.75) is 12.5 Å². The molecule has 1 heterocycles. The van der Waals surface area contributed by atoms with Crippen molar-refractivity contribution in [1.29, 1.82) is 0 Å². The SMILES string of the molecule is COCCC(N)c1ncc(-c2ccc(I)cc2)[nH]1. The van der Waals surface area contributed by atoms with Gasteiger partial charge >= 0.3 is 0 Å². The Morgan fingerprint density at radius 2 is 2.11 bits per heavy atom. The van der Waals surface area contributed by atoms with Crippen molar-refractivity contribution in [1.82, 2.24) is 9.97 Å². The van der Waals surface area contributed by atoms with E-state index in [2.05, 4.69) is 56.8 Å². The molecule has 0 aliphatic carbocycles. The molecule has 0 bridgehead atoms. The van der Waals surface area contributed by atoms with Gasteiger partial charge in [0.2, 0.25) is 0 Å². The lowest BCUT2D eigenvalue weighted by Gasteiger charge is -2.07. The fraction of sp³-hybridized carbons (Fsp3) is 0.308. The van der Waals surface area contributed by atoms with Crippen LogP contribution in [0.25, 0.3) is 11.3 Å². The van der Waals surface area contributed by atoms with Crippen LogP contribution in [-0.4, -0.2) is 23.7 Å². The van der Waals surface area contributed by atoms with Crippen LogP contribution >= 0.6 is 22.6 Å². The number of ether oxygens (including phenoxy) is 1. The Morgan fingerprint density at radius 3 is 2.78 bits per heavy atom. The normalized spacial score (nSPS) is 12.6. The molecule has 0 radical (unpaired) electrons. The summed E-state index contributed by atoms with van der Waals surface area (Å²) in [4.78, 5) is 7.59. The molecule has 2 rings (SSSR count). The van der Waals surface area contributed by atoms with Crippen molar-refractivity contribution in [3.05, 3.63) is 39.9 Å². The molecule has 5 heteroatoms. The van der Waals surface area contributed by atoms with E-state index in [1.807, 2.05) is 6.20 Å². The Kier molecular flexibility index (Phi) is 4.73. The van der Waals surface area contributed by atoms with Crippen LogP contribution in [0.3, 0.4) is 0 Å². The first-order chi connectivity index (χ1) is 8.70. The second-order valence-corrected chi connectivity index (χ2v) is 5.32. The average molecular weight is 357 g/mol. The molecule has 96 valence electrons. The minimum Gasteiger partial charge on any atom is -0.385 e. The molecular formula is C13H16IN3O. The fourth-order valence-corrected chi connectivity index (χ4v) is 2.04. The molecule has 2 aromatic rings. The predicted molar refractivity (Wildman–Crippen MR) is 80.2 cm³/mol.